The van der Waals surface area contributed by atoms with E-state index in [0.717, 1.165) is 0 Å². The van der Waals surface area contributed by atoms with Gasteiger partial charge in [0.1, 0.15) is 12.2 Å². The van der Waals surface area contributed by atoms with Gasteiger partial charge >= 0.3 is 17.1 Å². The largest absolute Gasteiger partial charge is 2.00 e. The van der Waals surface area contributed by atoms with Crippen molar-refractivity contribution in [2.24, 2.45) is 0 Å². The van der Waals surface area contributed by atoms with Crippen molar-refractivity contribution >= 4 is 24.9 Å². The topological polar surface area (TPSA) is 133 Å². The molecule has 0 fully saturated rings. The van der Waals surface area contributed by atoms with E-state index in [1.165, 1.54) is 13.8 Å². The van der Waals surface area contributed by atoms with E-state index in [4.69, 9.17) is 0 Å². The molecule has 113 valence electrons. The third-order valence-electron chi connectivity index (χ3n) is 1.48. The number of hydrogen-bond acceptors (Lipinski definition) is 8. The zero-order chi connectivity index (χ0) is 14.6. The molecule has 0 aromatic heterocycles. The maximum absolute atomic E-state index is 9.78. The Hall–Kier alpha value is -1.60. The number of hydrogen-bond donors (Lipinski definition) is 0. The molecule has 0 saturated carbocycles. The Morgan fingerprint density at radius 2 is 1.21 bits per heavy atom. The van der Waals surface area contributed by atoms with Crippen LogP contribution in [0.1, 0.15) is 26.7 Å². The van der Waals surface area contributed by atoms with Gasteiger partial charge < -0.3 is 29.3 Å². The van der Waals surface area contributed by atoms with Crippen LogP contribution >= 0.6 is 0 Å². The van der Waals surface area contributed by atoms with Gasteiger partial charge in [0.05, 0.1) is 0 Å². The molecule has 0 saturated heterocycles. The summed E-state index contributed by atoms with van der Waals surface area (Å²) in [6.07, 6.45) is -1.68. The van der Waals surface area contributed by atoms with Gasteiger partial charge in [0.15, 0.2) is 0 Å². The van der Waals surface area contributed by atoms with Gasteiger partial charge in [-0.1, -0.05) is 0 Å². The van der Waals surface area contributed by atoms with Gasteiger partial charge in [0.2, 0.25) is 0 Å². The number of carbonyl (C=O) groups excluding carboxylic acids is 4. The van der Waals surface area contributed by atoms with Crippen molar-refractivity contribution < 1.29 is 55.9 Å². The Balaban J connectivity index is -0.000000256. The molecule has 0 aromatic rings. The Bertz CT molecular complexity index is 253. The summed E-state index contributed by atoms with van der Waals surface area (Å²) in [6.45, 7) is 3.38. The first-order valence-corrected chi connectivity index (χ1v) is 4.91. The molecule has 0 spiro atoms. The first-order valence-electron chi connectivity index (χ1n) is 4.91. The molecule has 8 nitrogen and oxygen atoms in total. The molecule has 0 heterocycles. The summed E-state index contributed by atoms with van der Waals surface area (Å²) < 4.78 is 8.50. The van der Waals surface area contributed by atoms with Crippen molar-refractivity contribution in [3.05, 3.63) is 0 Å². The second kappa shape index (κ2) is 14.5. The first kappa shape index (κ1) is 22.6. The van der Waals surface area contributed by atoms with Gasteiger partial charge in [0, 0.05) is 24.8 Å². The molecular weight excluding hydrogens is 312 g/mol. The van der Waals surface area contributed by atoms with Crippen molar-refractivity contribution in [2.75, 3.05) is 0 Å². The Kier molecular flexibility index (Phi) is 17.2. The van der Waals surface area contributed by atoms with Gasteiger partial charge in [-0.05, 0) is 13.8 Å². The predicted octanol–water partition coefficient (Wildman–Crippen LogP) is -2.63. The summed E-state index contributed by atoms with van der Waals surface area (Å²) in [5, 5.41) is 19.6. The predicted molar refractivity (Wildman–Crippen MR) is 52.5 cm³/mol. The van der Waals surface area contributed by atoms with Crippen molar-refractivity contribution in [1.82, 2.24) is 0 Å². The fourth-order valence-electron chi connectivity index (χ4n) is 0.755. The van der Waals surface area contributed by atoms with Crippen molar-refractivity contribution in [1.29, 1.82) is 0 Å². The van der Waals surface area contributed by atoms with Crippen LogP contribution in [0, 0.1) is 0 Å². The molecule has 19 heavy (non-hydrogen) atoms. The molecule has 0 aliphatic carbocycles. The van der Waals surface area contributed by atoms with Crippen LogP contribution in [0.3, 0.4) is 0 Å². The summed E-state index contributed by atoms with van der Waals surface area (Å²) in [4.78, 5) is 38.7. The molecule has 9 heteroatoms. The van der Waals surface area contributed by atoms with E-state index in [9.17, 15) is 29.4 Å². The van der Waals surface area contributed by atoms with Gasteiger partial charge in [-0.25, -0.2) is 0 Å². The second-order valence-electron chi connectivity index (χ2n) is 3.24. The summed E-state index contributed by atoms with van der Waals surface area (Å²) >= 11 is 0. The third-order valence-corrected chi connectivity index (χ3v) is 1.48. The van der Waals surface area contributed by atoms with Crippen LogP contribution in [-0.2, 0) is 45.7 Å². The fraction of sp³-hybridized carbons (Fsp3) is 0.600. The number of carboxylic acid groups (broad SMARTS) is 2. The SMILES string of the molecule is CC(CC(=O)[O-])OC=O.CC(CC(=O)[O-])OC=O.[Cu+2]. The summed E-state index contributed by atoms with van der Waals surface area (Å²) in [7, 11) is 0. The van der Waals surface area contributed by atoms with Gasteiger partial charge in [0.25, 0.3) is 12.9 Å². The van der Waals surface area contributed by atoms with Crippen molar-refractivity contribution in [2.45, 2.75) is 38.9 Å². The average molecular weight is 326 g/mol. The maximum atomic E-state index is 9.78. The Labute approximate surface area is 120 Å². The maximum Gasteiger partial charge on any atom is 2.00 e. The number of rotatable bonds is 8. The van der Waals surface area contributed by atoms with E-state index < -0.39 is 24.1 Å². The molecule has 0 rings (SSSR count). The second-order valence-corrected chi connectivity index (χ2v) is 3.24. The van der Waals surface area contributed by atoms with E-state index >= 15 is 0 Å². The molecule has 0 aromatic carbocycles. The van der Waals surface area contributed by atoms with Crippen LogP contribution in [-0.4, -0.2) is 37.1 Å². The van der Waals surface area contributed by atoms with Crippen molar-refractivity contribution in [3.8, 4) is 0 Å². The molecular formula is C10H14CuO8. The van der Waals surface area contributed by atoms with Crippen LogP contribution in [0.15, 0.2) is 0 Å². The van der Waals surface area contributed by atoms with Crippen LogP contribution in [0.4, 0.5) is 0 Å². The minimum Gasteiger partial charge on any atom is -0.550 e. The zero-order valence-corrected chi connectivity index (χ0v) is 11.2. The van der Waals surface area contributed by atoms with E-state index in [2.05, 4.69) is 9.47 Å². The molecule has 2 atom stereocenters. The molecule has 1 radical (unpaired) electrons. The average Bonchev–Trinajstić information content (AvgIpc) is 2.16. The molecule has 0 N–H and O–H groups in total. The number of aliphatic carboxylic acids is 2. The normalized spacial score (nSPS) is 11.5. The number of carboxylic acids is 2. The minimum atomic E-state index is -1.22. The van der Waals surface area contributed by atoms with Gasteiger partial charge in [-0.2, -0.15) is 0 Å². The smallest absolute Gasteiger partial charge is 0.550 e. The summed E-state index contributed by atoms with van der Waals surface area (Å²) in [6, 6.07) is 0. The molecule has 0 bridgehead atoms. The van der Waals surface area contributed by atoms with Gasteiger partial charge in [-0.3, -0.25) is 9.59 Å². The summed E-state index contributed by atoms with van der Waals surface area (Å²) in [5.41, 5.74) is 0. The van der Waals surface area contributed by atoms with Crippen molar-refractivity contribution in [3.63, 3.8) is 0 Å². The Morgan fingerprint density at radius 1 is 0.947 bits per heavy atom. The fourth-order valence-corrected chi connectivity index (χ4v) is 0.755. The quantitative estimate of drug-likeness (QED) is 0.349. The van der Waals surface area contributed by atoms with Crippen LogP contribution < -0.4 is 10.2 Å². The van der Waals surface area contributed by atoms with E-state index in [1.807, 2.05) is 0 Å². The molecule has 0 aliphatic rings. The van der Waals surface area contributed by atoms with Crippen LogP contribution in [0.5, 0.6) is 0 Å². The van der Waals surface area contributed by atoms with Crippen LogP contribution in [0.2, 0.25) is 0 Å². The van der Waals surface area contributed by atoms with Crippen LogP contribution in [0.25, 0.3) is 0 Å². The molecule has 0 amide bonds. The van der Waals surface area contributed by atoms with Gasteiger partial charge in [-0.15, -0.1) is 0 Å². The first-order chi connectivity index (χ1) is 8.33. The minimum absolute atomic E-state index is 0. The summed E-state index contributed by atoms with van der Waals surface area (Å²) in [5.74, 6) is -2.44. The molecule has 2 unspecified atom stereocenters. The number of ether oxygens (including phenoxy) is 2. The van der Waals surface area contributed by atoms with E-state index in [1.54, 1.807) is 0 Å². The third kappa shape index (κ3) is 22.1. The number of carbonyl (C=O) groups is 4. The van der Waals surface area contributed by atoms with E-state index in [-0.39, 0.29) is 42.9 Å². The Morgan fingerprint density at radius 3 is 1.37 bits per heavy atom. The monoisotopic (exact) mass is 325 g/mol. The van der Waals surface area contributed by atoms with E-state index in [0.29, 0.717) is 0 Å². The molecule has 0 aliphatic heterocycles. The standard InChI is InChI=1S/2C5H8O4.Cu/c2*1-4(9-3-6)2-5(7)8;/h2*3-4H,2H2,1H3,(H,7,8);/q;;+2/p-2. The zero-order valence-electron chi connectivity index (χ0n) is 10.3.